The minimum absolute atomic E-state index is 0. The molecule has 29 heavy (non-hydrogen) atoms. The Morgan fingerprint density at radius 1 is 1.24 bits per heavy atom. The van der Waals surface area contributed by atoms with Crippen molar-refractivity contribution < 1.29 is 0 Å². The van der Waals surface area contributed by atoms with Gasteiger partial charge in [0.25, 0.3) is 0 Å². The number of rotatable bonds is 5. The molecule has 164 valence electrons. The van der Waals surface area contributed by atoms with Gasteiger partial charge >= 0.3 is 0 Å². The van der Waals surface area contributed by atoms with Crippen LogP contribution in [0.3, 0.4) is 0 Å². The number of piperazine rings is 1. The van der Waals surface area contributed by atoms with Crippen LogP contribution in [-0.2, 0) is 6.54 Å². The van der Waals surface area contributed by atoms with Crippen LogP contribution in [0.25, 0.3) is 0 Å². The fraction of sp³-hybridized carbons (Fsp3) is 0.667. The lowest BCUT2D eigenvalue weighted by molar-refractivity contribution is 0.312. The first-order valence-corrected chi connectivity index (χ1v) is 12.0. The number of thioether (sulfide) groups is 1. The van der Waals surface area contributed by atoms with Crippen molar-refractivity contribution in [2.45, 2.75) is 43.5 Å². The molecule has 1 aliphatic heterocycles. The highest BCUT2D eigenvalue weighted by Crippen LogP contribution is 2.29. The standard InChI is InChI=1S/C21H34ClN5S.HI/c1-23-21(25-16-6-4-7-17(14-16)28-3)24-15-18-19(22)8-5-9-20(18)27-12-10-26(2)11-13-27;/h5,8-9,16-17H,4,6-7,10-15H2,1-3H3,(H2,23,24,25);1H. The third-order valence-corrected chi connectivity index (χ3v) is 7.34. The smallest absolute Gasteiger partial charge is 0.191 e. The van der Waals surface area contributed by atoms with Crippen molar-refractivity contribution in [2.75, 3.05) is 51.4 Å². The summed E-state index contributed by atoms with van der Waals surface area (Å²) < 4.78 is 0. The monoisotopic (exact) mass is 551 g/mol. The molecule has 2 atom stereocenters. The number of guanidine groups is 1. The van der Waals surface area contributed by atoms with Crippen LogP contribution in [0.1, 0.15) is 31.2 Å². The maximum absolute atomic E-state index is 6.59. The Kier molecular flexibility index (Phi) is 10.7. The highest BCUT2D eigenvalue weighted by atomic mass is 127. The number of nitrogens with one attached hydrogen (secondary N) is 2. The number of hydrogen-bond donors (Lipinski definition) is 2. The molecule has 8 heteroatoms. The first-order chi connectivity index (χ1) is 13.6. The summed E-state index contributed by atoms with van der Waals surface area (Å²) in [6, 6.07) is 6.73. The summed E-state index contributed by atoms with van der Waals surface area (Å²) >= 11 is 8.58. The summed E-state index contributed by atoms with van der Waals surface area (Å²) in [7, 11) is 4.03. The maximum atomic E-state index is 6.59. The Morgan fingerprint density at radius 3 is 2.69 bits per heavy atom. The van der Waals surface area contributed by atoms with E-state index in [0.717, 1.165) is 48.0 Å². The average Bonchev–Trinajstić information content (AvgIpc) is 2.72. The van der Waals surface area contributed by atoms with Gasteiger partial charge in [-0.05, 0) is 44.7 Å². The van der Waals surface area contributed by atoms with Crippen molar-refractivity contribution in [3.63, 3.8) is 0 Å². The molecule has 0 radical (unpaired) electrons. The summed E-state index contributed by atoms with van der Waals surface area (Å²) in [4.78, 5) is 9.27. The van der Waals surface area contributed by atoms with Gasteiger partial charge in [0, 0.05) is 67.3 Å². The van der Waals surface area contributed by atoms with E-state index < -0.39 is 0 Å². The fourth-order valence-corrected chi connectivity index (χ4v) is 5.18. The predicted molar refractivity (Wildman–Crippen MR) is 139 cm³/mol. The van der Waals surface area contributed by atoms with Gasteiger partial charge in [0.15, 0.2) is 5.96 Å². The number of halogens is 2. The van der Waals surface area contributed by atoms with Crippen molar-refractivity contribution in [3.05, 3.63) is 28.8 Å². The molecule has 2 N–H and O–H groups in total. The molecule has 1 aliphatic carbocycles. The molecule has 2 fully saturated rings. The summed E-state index contributed by atoms with van der Waals surface area (Å²) in [5.74, 6) is 0.871. The van der Waals surface area contributed by atoms with Crippen LogP contribution in [0, 0.1) is 0 Å². The van der Waals surface area contributed by atoms with Gasteiger partial charge in [-0.2, -0.15) is 11.8 Å². The van der Waals surface area contributed by atoms with Crippen molar-refractivity contribution in [1.29, 1.82) is 0 Å². The Balaban J connectivity index is 0.00000300. The normalized spacial score (nSPS) is 23.4. The molecule has 2 aliphatic rings. The molecule has 0 aromatic heterocycles. The molecule has 1 saturated heterocycles. The molecular weight excluding hydrogens is 517 g/mol. The molecule has 0 spiro atoms. The minimum atomic E-state index is 0. The second-order valence-electron chi connectivity index (χ2n) is 7.82. The average molecular weight is 552 g/mol. The number of nitrogens with zero attached hydrogens (tertiary/aromatic N) is 3. The summed E-state index contributed by atoms with van der Waals surface area (Å²) in [6.45, 7) is 4.92. The predicted octanol–water partition coefficient (Wildman–Crippen LogP) is 4.05. The molecular formula is C21H35ClIN5S. The van der Waals surface area contributed by atoms with Crippen LogP contribution in [0.15, 0.2) is 23.2 Å². The van der Waals surface area contributed by atoms with E-state index in [-0.39, 0.29) is 24.0 Å². The number of benzene rings is 1. The molecule has 0 amide bonds. The van der Waals surface area contributed by atoms with E-state index in [1.165, 1.54) is 31.4 Å². The van der Waals surface area contributed by atoms with Gasteiger partial charge in [-0.3, -0.25) is 4.99 Å². The molecule has 0 bridgehead atoms. The minimum Gasteiger partial charge on any atom is -0.369 e. The number of aliphatic imine (C=N–C) groups is 1. The Bertz CT molecular complexity index is 666. The molecule has 3 rings (SSSR count). The molecule has 5 nitrogen and oxygen atoms in total. The van der Waals surface area contributed by atoms with E-state index in [1.54, 1.807) is 0 Å². The van der Waals surface area contributed by atoms with Crippen molar-refractivity contribution in [1.82, 2.24) is 15.5 Å². The van der Waals surface area contributed by atoms with Crippen molar-refractivity contribution >= 4 is 59.0 Å². The molecule has 1 heterocycles. The second kappa shape index (κ2) is 12.5. The quantitative estimate of drug-likeness (QED) is 0.328. The fourth-order valence-electron chi connectivity index (χ4n) is 4.12. The lowest BCUT2D eigenvalue weighted by atomic mass is 9.95. The third kappa shape index (κ3) is 7.08. The number of likely N-dealkylation sites (N-methyl/N-ethyl adjacent to an activating group) is 1. The molecule has 2 unspecified atom stereocenters. The van der Waals surface area contributed by atoms with Gasteiger partial charge in [-0.25, -0.2) is 0 Å². The van der Waals surface area contributed by atoms with Crippen LogP contribution < -0.4 is 15.5 Å². The Hall–Kier alpha value is -0.380. The second-order valence-corrected chi connectivity index (χ2v) is 9.36. The van der Waals surface area contributed by atoms with Crippen molar-refractivity contribution in [3.8, 4) is 0 Å². The number of hydrogen-bond acceptors (Lipinski definition) is 4. The molecule has 1 aromatic rings. The first-order valence-electron chi connectivity index (χ1n) is 10.3. The van der Waals surface area contributed by atoms with Crippen LogP contribution in [0.4, 0.5) is 5.69 Å². The van der Waals surface area contributed by atoms with E-state index in [1.807, 2.05) is 24.9 Å². The zero-order chi connectivity index (χ0) is 19.9. The SMILES string of the molecule is CN=C(NCc1c(Cl)cccc1N1CCN(C)CC1)NC1CCCC(SC)C1.I. The maximum Gasteiger partial charge on any atom is 0.191 e. The van der Waals surface area contributed by atoms with E-state index >= 15 is 0 Å². The van der Waals surface area contributed by atoms with Gasteiger partial charge in [-0.1, -0.05) is 24.1 Å². The van der Waals surface area contributed by atoms with Gasteiger partial charge in [-0.15, -0.1) is 24.0 Å². The van der Waals surface area contributed by atoms with Crippen LogP contribution in [0.2, 0.25) is 5.02 Å². The summed E-state index contributed by atoms with van der Waals surface area (Å²) in [6.07, 6.45) is 7.27. The Labute approximate surface area is 202 Å². The molecule has 1 aromatic carbocycles. The zero-order valence-corrected chi connectivity index (χ0v) is 21.7. The van der Waals surface area contributed by atoms with Gasteiger partial charge in [0.1, 0.15) is 0 Å². The van der Waals surface area contributed by atoms with Crippen LogP contribution in [-0.4, -0.2) is 68.7 Å². The highest BCUT2D eigenvalue weighted by molar-refractivity contribution is 14.0. The van der Waals surface area contributed by atoms with Gasteiger partial charge in [0.05, 0.1) is 0 Å². The van der Waals surface area contributed by atoms with E-state index in [0.29, 0.717) is 12.6 Å². The van der Waals surface area contributed by atoms with Crippen molar-refractivity contribution in [2.24, 2.45) is 4.99 Å². The zero-order valence-electron chi connectivity index (χ0n) is 17.8. The lowest BCUT2D eigenvalue weighted by Crippen LogP contribution is -2.46. The largest absolute Gasteiger partial charge is 0.369 e. The van der Waals surface area contributed by atoms with Gasteiger partial charge < -0.3 is 20.4 Å². The van der Waals surface area contributed by atoms with Crippen LogP contribution >= 0.6 is 47.3 Å². The van der Waals surface area contributed by atoms with Gasteiger partial charge in [0.2, 0.25) is 0 Å². The van der Waals surface area contributed by atoms with E-state index in [4.69, 9.17) is 11.6 Å². The highest BCUT2D eigenvalue weighted by Gasteiger charge is 2.22. The summed E-state index contributed by atoms with van der Waals surface area (Å²) in [5, 5.41) is 8.71. The number of anilines is 1. The Morgan fingerprint density at radius 2 is 2.00 bits per heavy atom. The summed E-state index contributed by atoms with van der Waals surface area (Å²) in [5.41, 5.74) is 2.39. The first kappa shape index (κ1) is 24.9. The topological polar surface area (TPSA) is 42.9 Å². The van der Waals surface area contributed by atoms with E-state index in [2.05, 4.69) is 50.9 Å². The van der Waals surface area contributed by atoms with E-state index in [9.17, 15) is 0 Å². The molecule has 1 saturated carbocycles. The lowest BCUT2D eigenvalue weighted by Gasteiger charge is -2.35. The van der Waals surface area contributed by atoms with Crippen LogP contribution in [0.5, 0.6) is 0 Å². The third-order valence-electron chi connectivity index (χ3n) is 5.89.